The Morgan fingerprint density at radius 2 is 1.82 bits per heavy atom. The Balaban J connectivity index is 1.71. The zero-order valence-electron chi connectivity index (χ0n) is 19.4. The van der Waals surface area contributed by atoms with Gasteiger partial charge in [-0.3, -0.25) is 4.79 Å². The van der Waals surface area contributed by atoms with Gasteiger partial charge in [0, 0.05) is 36.4 Å². The molecule has 3 N–H and O–H groups in total. The summed E-state index contributed by atoms with van der Waals surface area (Å²) in [6, 6.07) is 11.8. The molecule has 0 fully saturated rings. The van der Waals surface area contributed by atoms with Crippen molar-refractivity contribution in [1.82, 2.24) is 4.90 Å². The van der Waals surface area contributed by atoms with Crippen molar-refractivity contribution in [2.45, 2.75) is 50.8 Å². The van der Waals surface area contributed by atoms with Crippen molar-refractivity contribution in [3.8, 4) is 11.1 Å². The molecule has 0 aromatic heterocycles. The van der Waals surface area contributed by atoms with Crippen molar-refractivity contribution in [3.63, 3.8) is 0 Å². The van der Waals surface area contributed by atoms with E-state index in [2.05, 4.69) is 18.8 Å². The highest BCUT2D eigenvalue weighted by Crippen LogP contribution is 2.35. The lowest BCUT2D eigenvalue weighted by Gasteiger charge is -2.22. The summed E-state index contributed by atoms with van der Waals surface area (Å²) in [6.07, 6.45) is 5.72. The van der Waals surface area contributed by atoms with Crippen LogP contribution in [0.15, 0.2) is 51.9 Å². The van der Waals surface area contributed by atoms with E-state index in [-0.39, 0.29) is 5.91 Å². The number of nitrogens with two attached hydrogens (primary N) is 1. The van der Waals surface area contributed by atoms with E-state index in [1.54, 1.807) is 0 Å². The second-order valence-corrected chi connectivity index (χ2v) is 11.0. The molecule has 174 valence electrons. The van der Waals surface area contributed by atoms with Gasteiger partial charge in [-0.15, -0.1) is 0 Å². The first kappa shape index (κ1) is 23.2. The molecule has 2 aromatic rings. The molecule has 0 bridgehead atoms. The fourth-order valence-electron chi connectivity index (χ4n) is 4.59. The zero-order chi connectivity index (χ0) is 23.6. The molecular formula is C26H32N4O2S. The van der Waals surface area contributed by atoms with Crippen molar-refractivity contribution in [2.24, 2.45) is 10.7 Å². The largest absolute Gasteiger partial charge is 0.387 e. The molecule has 0 saturated carbocycles. The number of aryl methyl sites for hydroxylation is 1. The van der Waals surface area contributed by atoms with Crippen molar-refractivity contribution in [3.05, 3.63) is 53.1 Å². The van der Waals surface area contributed by atoms with Crippen LogP contribution in [-0.2, 0) is 20.9 Å². The van der Waals surface area contributed by atoms with Gasteiger partial charge in [0.25, 0.3) is 0 Å². The lowest BCUT2D eigenvalue weighted by molar-refractivity contribution is -0.127. The first-order chi connectivity index (χ1) is 15.8. The maximum Gasteiger partial charge on any atom is 0.250 e. The number of carbonyl (C=O) groups is 1. The summed E-state index contributed by atoms with van der Waals surface area (Å²) in [7, 11) is -2.74. The predicted molar refractivity (Wildman–Crippen MR) is 135 cm³/mol. The van der Waals surface area contributed by atoms with Crippen LogP contribution in [0.3, 0.4) is 0 Å². The van der Waals surface area contributed by atoms with Gasteiger partial charge < -0.3 is 10.6 Å². The fraction of sp³-hybridized carbons (Fsp3) is 0.385. The van der Waals surface area contributed by atoms with Crippen molar-refractivity contribution >= 4 is 33.2 Å². The first-order valence-corrected chi connectivity index (χ1v) is 13.4. The van der Waals surface area contributed by atoms with Crippen LogP contribution in [0.2, 0.25) is 0 Å². The van der Waals surface area contributed by atoms with Crippen molar-refractivity contribution in [2.75, 3.05) is 18.8 Å². The van der Waals surface area contributed by atoms with Crippen LogP contribution in [0.1, 0.15) is 50.7 Å². The predicted octanol–water partition coefficient (Wildman–Crippen LogP) is 5.13. The smallest absolute Gasteiger partial charge is 0.250 e. The first-order valence-electron chi connectivity index (χ1n) is 11.7. The van der Waals surface area contributed by atoms with Crippen LogP contribution < -0.4 is 5.73 Å². The molecule has 0 aliphatic carbocycles. The minimum atomic E-state index is -2.74. The molecular weight excluding hydrogens is 432 g/mol. The fourth-order valence-corrected chi connectivity index (χ4v) is 6.27. The third-order valence-corrected chi connectivity index (χ3v) is 8.13. The number of hydrogen-bond acceptors (Lipinski definition) is 5. The summed E-state index contributed by atoms with van der Waals surface area (Å²) in [5.74, 6) is 0.857. The Hall–Kier alpha value is -2.93. The van der Waals surface area contributed by atoms with Crippen LogP contribution >= 0.6 is 0 Å². The number of amidine groups is 1. The van der Waals surface area contributed by atoms with E-state index in [4.69, 9.17) is 10.5 Å². The van der Waals surface area contributed by atoms with Gasteiger partial charge in [0.2, 0.25) is 5.91 Å². The number of nitrogens with one attached hydrogen (secondary N) is 1. The lowest BCUT2D eigenvalue weighted by Crippen LogP contribution is -2.34. The monoisotopic (exact) mass is 464 g/mol. The van der Waals surface area contributed by atoms with E-state index in [1.165, 1.54) is 0 Å². The van der Waals surface area contributed by atoms with Gasteiger partial charge in [0.05, 0.1) is 20.3 Å². The topological polar surface area (TPSA) is 99.6 Å². The maximum atomic E-state index is 13.2. The molecule has 7 heteroatoms. The Bertz CT molecular complexity index is 1240. The van der Waals surface area contributed by atoms with E-state index in [1.807, 2.05) is 47.4 Å². The average Bonchev–Trinajstić information content (AvgIpc) is 2.95. The van der Waals surface area contributed by atoms with E-state index in [9.17, 15) is 9.00 Å². The number of benzene rings is 2. The molecule has 4 rings (SSSR count). The van der Waals surface area contributed by atoms with Gasteiger partial charge in [0.15, 0.2) is 0 Å². The van der Waals surface area contributed by atoms with Crippen molar-refractivity contribution < 1.29 is 9.00 Å². The van der Waals surface area contributed by atoms with Crippen LogP contribution in [0.5, 0.6) is 0 Å². The lowest BCUT2D eigenvalue weighted by atomic mass is 9.99. The van der Waals surface area contributed by atoms with Gasteiger partial charge in [-0.1, -0.05) is 38.1 Å². The van der Waals surface area contributed by atoms with Crippen molar-refractivity contribution in [1.29, 1.82) is 4.78 Å². The Labute approximate surface area is 196 Å². The van der Waals surface area contributed by atoms with E-state index >= 15 is 0 Å². The maximum absolute atomic E-state index is 13.2. The summed E-state index contributed by atoms with van der Waals surface area (Å²) in [4.78, 5) is 20.3. The normalized spacial score (nSPS) is 19.6. The molecule has 33 heavy (non-hydrogen) atoms. The quantitative estimate of drug-likeness (QED) is 0.620. The molecule has 6 nitrogen and oxygen atoms in total. The van der Waals surface area contributed by atoms with Crippen LogP contribution in [0, 0.1) is 4.78 Å². The van der Waals surface area contributed by atoms with E-state index in [0.717, 1.165) is 66.7 Å². The number of nitrogens with zero attached hydrogens (tertiary/aromatic N) is 2. The number of fused-ring (bicyclic) bond motifs is 2. The molecule has 1 atom stereocenters. The second kappa shape index (κ2) is 9.51. The molecule has 0 saturated heterocycles. The number of amides is 1. The highest BCUT2D eigenvalue weighted by atomic mass is 32.2. The number of aliphatic imine (C=N–C) groups is 1. The minimum Gasteiger partial charge on any atom is -0.387 e. The molecule has 0 radical (unpaired) electrons. The Kier molecular flexibility index (Phi) is 6.70. The zero-order valence-corrected chi connectivity index (χ0v) is 20.2. The van der Waals surface area contributed by atoms with Gasteiger partial charge in [-0.2, -0.15) is 0 Å². The molecule has 2 aliphatic rings. The standard InChI is InChI=1S/C26H32N4O2S/c1-3-11-30(12-4-2)26(31)22-14-21-10-9-19(15-23(21)29-25(27)17-22)20-8-7-18-6-5-13-33(28,32)24(18)16-20/h7-10,14-16,28H,3-6,11-13,17H2,1-2H3,(H2,27,29). The highest BCUT2D eigenvalue weighted by Gasteiger charge is 2.23. The summed E-state index contributed by atoms with van der Waals surface area (Å²) in [6.45, 7) is 5.60. The van der Waals surface area contributed by atoms with Crippen LogP contribution in [0.25, 0.3) is 17.2 Å². The summed E-state index contributed by atoms with van der Waals surface area (Å²) in [5, 5.41) is 0. The number of carbonyl (C=O) groups excluding carboxylic acids is 1. The Morgan fingerprint density at radius 3 is 2.55 bits per heavy atom. The summed E-state index contributed by atoms with van der Waals surface area (Å²) >= 11 is 0. The molecule has 0 spiro atoms. The van der Waals surface area contributed by atoms with Crippen LogP contribution in [0.4, 0.5) is 5.69 Å². The molecule has 2 aromatic carbocycles. The summed E-state index contributed by atoms with van der Waals surface area (Å²) in [5.41, 5.74) is 11.3. The molecule has 1 unspecified atom stereocenters. The third kappa shape index (κ3) is 4.88. The molecule has 1 amide bonds. The summed E-state index contributed by atoms with van der Waals surface area (Å²) < 4.78 is 21.0. The van der Waals surface area contributed by atoms with Gasteiger partial charge in [0.1, 0.15) is 5.84 Å². The second-order valence-electron chi connectivity index (χ2n) is 8.82. The van der Waals surface area contributed by atoms with Gasteiger partial charge in [-0.25, -0.2) is 14.0 Å². The minimum absolute atomic E-state index is 0.0219. The highest BCUT2D eigenvalue weighted by molar-refractivity contribution is 7.92. The van der Waals surface area contributed by atoms with Gasteiger partial charge >= 0.3 is 0 Å². The third-order valence-electron chi connectivity index (χ3n) is 6.18. The molecule has 2 heterocycles. The number of hydrogen-bond donors (Lipinski definition) is 2. The van der Waals surface area contributed by atoms with E-state index < -0.39 is 9.73 Å². The van der Waals surface area contributed by atoms with E-state index in [0.29, 0.717) is 28.5 Å². The van der Waals surface area contributed by atoms with Gasteiger partial charge in [-0.05, 0) is 60.6 Å². The Morgan fingerprint density at radius 1 is 1.12 bits per heavy atom. The SMILES string of the molecule is CCCN(CCC)C(=O)C1=Cc2ccc(-c3ccc4c(c3)S(=N)(=O)CCC4)cc2N=C(N)C1. The van der Waals surface area contributed by atoms with Crippen LogP contribution in [-0.4, -0.2) is 39.7 Å². The average molecular weight is 465 g/mol. The molecule has 2 aliphatic heterocycles. The number of rotatable bonds is 6.